The summed E-state index contributed by atoms with van der Waals surface area (Å²) in [6.07, 6.45) is 2.55. The summed E-state index contributed by atoms with van der Waals surface area (Å²) in [7, 11) is 0. The van der Waals surface area contributed by atoms with Crippen LogP contribution in [-0.4, -0.2) is 19.0 Å². The van der Waals surface area contributed by atoms with Crippen LogP contribution in [0.1, 0.15) is 11.3 Å². The Hall–Kier alpha value is -2.11. The lowest BCUT2D eigenvalue weighted by Crippen LogP contribution is -2.38. The number of carbonyl (C=O) groups is 1. The molecule has 108 valence electrons. The Labute approximate surface area is 127 Å². The molecule has 1 aliphatic heterocycles. The molecule has 3 rings (SSSR count). The van der Waals surface area contributed by atoms with Crippen molar-refractivity contribution in [3.05, 3.63) is 52.4 Å². The maximum atomic E-state index is 12.6. The second kappa shape index (κ2) is 6.11. The third-order valence-corrected chi connectivity index (χ3v) is 4.05. The molecule has 2 N–H and O–H groups in total. The topological polar surface area (TPSA) is 55.6 Å². The molecular weight excluding hydrogens is 284 g/mol. The Balaban J connectivity index is 1.98. The van der Waals surface area contributed by atoms with Crippen molar-refractivity contribution in [2.24, 2.45) is 5.73 Å². The van der Waals surface area contributed by atoms with Gasteiger partial charge < -0.3 is 15.4 Å². The standard InChI is InChI=1S/C16H16N2O2S/c17-8-4-9-18-13-6-1-2-7-14(13)20-15(16(18)19)11-12-5-3-10-21-12/h1-3,5-7,10-11H,4,8-9,17H2/b15-11+. The zero-order chi connectivity index (χ0) is 14.7. The van der Waals surface area contributed by atoms with Gasteiger partial charge in [-0.1, -0.05) is 18.2 Å². The fourth-order valence-corrected chi connectivity index (χ4v) is 2.88. The number of benzene rings is 1. The number of ether oxygens (including phenoxy) is 1. The number of fused-ring (bicyclic) bond motifs is 1. The van der Waals surface area contributed by atoms with Crippen molar-refractivity contribution in [3.8, 4) is 5.75 Å². The second-order valence-corrected chi connectivity index (χ2v) is 5.67. The Morgan fingerprint density at radius 3 is 2.86 bits per heavy atom. The van der Waals surface area contributed by atoms with E-state index in [4.69, 9.17) is 10.5 Å². The molecule has 1 amide bonds. The normalized spacial score (nSPS) is 16.0. The third-order valence-electron chi connectivity index (χ3n) is 3.23. The summed E-state index contributed by atoms with van der Waals surface area (Å²) in [6.45, 7) is 1.15. The molecule has 1 aromatic carbocycles. The number of rotatable bonds is 4. The lowest BCUT2D eigenvalue weighted by atomic mass is 10.2. The van der Waals surface area contributed by atoms with Crippen LogP contribution >= 0.6 is 11.3 Å². The predicted octanol–water partition coefficient (Wildman–Crippen LogP) is 2.86. The molecule has 0 saturated carbocycles. The molecule has 0 unspecified atom stereocenters. The van der Waals surface area contributed by atoms with Gasteiger partial charge in [-0.3, -0.25) is 4.79 Å². The Kier molecular flexibility index (Phi) is 4.03. The van der Waals surface area contributed by atoms with Gasteiger partial charge in [0.05, 0.1) is 5.69 Å². The summed E-state index contributed by atoms with van der Waals surface area (Å²) >= 11 is 1.57. The zero-order valence-electron chi connectivity index (χ0n) is 11.5. The first-order valence-electron chi connectivity index (χ1n) is 6.83. The number of carbonyl (C=O) groups excluding carboxylic acids is 1. The van der Waals surface area contributed by atoms with Gasteiger partial charge in [-0.15, -0.1) is 11.3 Å². The van der Waals surface area contributed by atoms with Crippen LogP contribution < -0.4 is 15.4 Å². The highest BCUT2D eigenvalue weighted by Crippen LogP contribution is 2.35. The van der Waals surface area contributed by atoms with E-state index in [1.807, 2.05) is 41.8 Å². The van der Waals surface area contributed by atoms with E-state index in [1.54, 1.807) is 22.3 Å². The molecule has 0 radical (unpaired) electrons. The smallest absolute Gasteiger partial charge is 0.294 e. The van der Waals surface area contributed by atoms with Gasteiger partial charge in [0.15, 0.2) is 11.5 Å². The number of hydrogen-bond donors (Lipinski definition) is 1. The van der Waals surface area contributed by atoms with Gasteiger partial charge in [-0.25, -0.2) is 0 Å². The van der Waals surface area contributed by atoms with Crippen molar-refractivity contribution in [2.75, 3.05) is 18.0 Å². The highest BCUT2D eigenvalue weighted by Gasteiger charge is 2.29. The number of amides is 1. The van der Waals surface area contributed by atoms with Gasteiger partial charge in [0, 0.05) is 17.5 Å². The number of hydrogen-bond acceptors (Lipinski definition) is 4. The minimum absolute atomic E-state index is 0.115. The van der Waals surface area contributed by atoms with Crippen molar-refractivity contribution in [1.82, 2.24) is 0 Å². The van der Waals surface area contributed by atoms with Gasteiger partial charge in [0.25, 0.3) is 5.91 Å². The molecular formula is C16H16N2O2S. The number of nitrogens with zero attached hydrogens (tertiary/aromatic N) is 1. The molecule has 5 heteroatoms. The highest BCUT2D eigenvalue weighted by atomic mass is 32.1. The van der Waals surface area contributed by atoms with E-state index >= 15 is 0 Å². The van der Waals surface area contributed by atoms with Crippen LogP contribution in [0.15, 0.2) is 47.5 Å². The van der Waals surface area contributed by atoms with E-state index in [2.05, 4.69) is 0 Å². The molecule has 1 aromatic heterocycles. The van der Waals surface area contributed by atoms with E-state index < -0.39 is 0 Å². The minimum Gasteiger partial charge on any atom is -0.449 e. The van der Waals surface area contributed by atoms with Crippen LogP contribution in [0, 0.1) is 0 Å². The van der Waals surface area contributed by atoms with Crippen LogP contribution in [0.3, 0.4) is 0 Å². The van der Waals surface area contributed by atoms with Crippen LogP contribution in [0.4, 0.5) is 5.69 Å². The first-order valence-corrected chi connectivity index (χ1v) is 7.71. The molecule has 2 heterocycles. The number of para-hydroxylation sites is 2. The maximum absolute atomic E-state index is 12.6. The number of anilines is 1. The van der Waals surface area contributed by atoms with Gasteiger partial charge in [-0.2, -0.15) is 0 Å². The third kappa shape index (κ3) is 2.84. The molecule has 0 aliphatic carbocycles. The fraction of sp³-hybridized carbons (Fsp3) is 0.188. The average Bonchev–Trinajstić information content (AvgIpc) is 3.00. The summed E-state index contributed by atoms with van der Waals surface area (Å²) in [5.74, 6) is 0.945. The Bertz CT molecular complexity index is 665. The van der Waals surface area contributed by atoms with Gasteiger partial charge in [-0.05, 0) is 36.5 Å². The largest absolute Gasteiger partial charge is 0.449 e. The summed E-state index contributed by atoms with van der Waals surface area (Å²) in [6, 6.07) is 11.5. The molecule has 0 spiro atoms. The SMILES string of the molecule is NCCCN1C(=O)/C(=C\c2cccs2)Oc2ccccc21. The number of nitrogens with two attached hydrogens (primary N) is 1. The molecule has 21 heavy (non-hydrogen) atoms. The van der Waals surface area contributed by atoms with E-state index in [0.717, 1.165) is 17.0 Å². The van der Waals surface area contributed by atoms with E-state index in [0.29, 0.717) is 24.6 Å². The van der Waals surface area contributed by atoms with Crippen LogP contribution in [0.5, 0.6) is 5.75 Å². The van der Waals surface area contributed by atoms with E-state index in [9.17, 15) is 4.79 Å². The van der Waals surface area contributed by atoms with Crippen LogP contribution in [0.2, 0.25) is 0 Å². The quantitative estimate of drug-likeness (QED) is 0.883. The Morgan fingerprint density at radius 1 is 1.24 bits per heavy atom. The summed E-state index contributed by atoms with van der Waals surface area (Å²) < 4.78 is 5.77. The molecule has 0 fully saturated rings. The second-order valence-electron chi connectivity index (χ2n) is 4.69. The lowest BCUT2D eigenvalue weighted by Gasteiger charge is -2.30. The summed E-state index contributed by atoms with van der Waals surface area (Å²) in [4.78, 5) is 15.4. The minimum atomic E-state index is -0.115. The first-order chi connectivity index (χ1) is 10.3. The van der Waals surface area contributed by atoms with Gasteiger partial charge in [0.2, 0.25) is 0 Å². The van der Waals surface area contributed by atoms with Gasteiger partial charge >= 0.3 is 0 Å². The number of thiophene rings is 1. The van der Waals surface area contributed by atoms with Crippen molar-refractivity contribution in [1.29, 1.82) is 0 Å². The van der Waals surface area contributed by atoms with Crippen molar-refractivity contribution >= 4 is 29.0 Å². The molecule has 0 atom stereocenters. The lowest BCUT2D eigenvalue weighted by molar-refractivity contribution is -0.117. The van der Waals surface area contributed by atoms with Crippen molar-refractivity contribution in [2.45, 2.75) is 6.42 Å². The molecule has 2 aromatic rings. The zero-order valence-corrected chi connectivity index (χ0v) is 12.3. The van der Waals surface area contributed by atoms with E-state index in [-0.39, 0.29) is 5.91 Å². The van der Waals surface area contributed by atoms with Crippen LogP contribution in [0.25, 0.3) is 6.08 Å². The predicted molar refractivity (Wildman–Crippen MR) is 85.4 cm³/mol. The van der Waals surface area contributed by atoms with Crippen molar-refractivity contribution in [3.63, 3.8) is 0 Å². The molecule has 4 nitrogen and oxygen atoms in total. The van der Waals surface area contributed by atoms with Crippen molar-refractivity contribution < 1.29 is 9.53 Å². The van der Waals surface area contributed by atoms with Crippen LogP contribution in [-0.2, 0) is 4.79 Å². The van der Waals surface area contributed by atoms with E-state index in [1.165, 1.54) is 0 Å². The highest BCUT2D eigenvalue weighted by molar-refractivity contribution is 7.10. The van der Waals surface area contributed by atoms with Gasteiger partial charge in [0.1, 0.15) is 0 Å². The average molecular weight is 300 g/mol. The fourth-order valence-electron chi connectivity index (χ4n) is 2.24. The molecule has 0 saturated heterocycles. The molecule has 0 bridgehead atoms. The Morgan fingerprint density at radius 2 is 2.10 bits per heavy atom. The summed E-state index contributed by atoms with van der Waals surface area (Å²) in [5, 5.41) is 1.97. The monoisotopic (exact) mass is 300 g/mol. The maximum Gasteiger partial charge on any atom is 0.294 e. The first kappa shape index (κ1) is 13.9. The molecule has 1 aliphatic rings. The summed E-state index contributed by atoms with van der Waals surface area (Å²) in [5.41, 5.74) is 6.38.